The van der Waals surface area contributed by atoms with Crippen LogP contribution in [0, 0.1) is 0 Å². The molecule has 0 atom stereocenters. The number of amides is 1. The van der Waals surface area contributed by atoms with Crippen molar-refractivity contribution in [1.82, 2.24) is 20.3 Å². The molecule has 7 heteroatoms. The molecule has 15 heavy (non-hydrogen) atoms. The first kappa shape index (κ1) is 11.2. The maximum Gasteiger partial charge on any atom is 0.307 e. The molecule has 1 amide bonds. The van der Waals surface area contributed by atoms with Crippen LogP contribution in [-0.4, -0.2) is 52.9 Å². The molecule has 1 heterocycles. The van der Waals surface area contributed by atoms with Crippen LogP contribution in [0.25, 0.3) is 0 Å². The fourth-order valence-electron chi connectivity index (χ4n) is 0.963. The summed E-state index contributed by atoms with van der Waals surface area (Å²) in [5.41, 5.74) is 0.224. The van der Waals surface area contributed by atoms with E-state index in [1.54, 1.807) is 7.05 Å². The largest absolute Gasteiger partial charge is 0.469 e. The lowest BCUT2D eigenvalue weighted by Crippen LogP contribution is -2.29. The smallest absolute Gasteiger partial charge is 0.307 e. The Morgan fingerprint density at radius 1 is 1.60 bits per heavy atom. The van der Waals surface area contributed by atoms with E-state index in [0.717, 1.165) is 0 Å². The van der Waals surface area contributed by atoms with Gasteiger partial charge < -0.3 is 9.64 Å². The zero-order chi connectivity index (χ0) is 11.3. The van der Waals surface area contributed by atoms with Gasteiger partial charge in [0.2, 0.25) is 0 Å². The molecule has 82 valence electrons. The van der Waals surface area contributed by atoms with Crippen molar-refractivity contribution in [2.45, 2.75) is 6.42 Å². The van der Waals surface area contributed by atoms with Gasteiger partial charge in [0.05, 0.1) is 19.7 Å². The zero-order valence-electron chi connectivity index (χ0n) is 8.56. The first-order valence-electron chi connectivity index (χ1n) is 4.33. The fourth-order valence-corrected chi connectivity index (χ4v) is 0.963. The van der Waals surface area contributed by atoms with Crippen molar-refractivity contribution in [3.05, 3.63) is 11.9 Å². The highest BCUT2D eigenvalue weighted by atomic mass is 16.5. The van der Waals surface area contributed by atoms with Gasteiger partial charge in [-0.15, -0.1) is 0 Å². The molecular weight excluding hydrogens is 200 g/mol. The highest BCUT2D eigenvalue weighted by Crippen LogP contribution is 1.98. The summed E-state index contributed by atoms with van der Waals surface area (Å²) in [6, 6.07) is 0. The van der Waals surface area contributed by atoms with Crippen molar-refractivity contribution in [2.75, 3.05) is 20.7 Å². The number of ether oxygens (including phenoxy) is 1. The number of carbonyl (C=O) groups excluding carboxylic acids is 2. The third-order valence-electron chi connectivity index (χ3n) is 1.86. The molecule has 0 spiro atoms. The molecule has 0 fully saturated rings. The maximum absolute atomic E-state index is 11.6. The normalized spacial score (nSPS) is 9.73. The Kier molecular flexibility index (Phi) is 3.78. The molecule has 0 bridgehead atoms. The molecule has 0 radical (unpaired) electrons. The molecule has 0 unspecified atom stereocenters. The second-order valence-electron chi connectivity index (χ2n) is 2.91. The molecule has 1 N–H and O–H groups in total. The first-order chi connectivity index (χ1) is 7.15. The molecule has 1 aromatic rings. The summed E-state index contributed by atoms with van der Waals surface area (Å²) >= 11 is 0. The lowest BCUT2D eigenvalue weighted by Gasteiger charge is -2.14. The SMILES string of the molecule is COC(=O)CCN(C)C(=O)c1cn[nH]n1. The second-order valence-corrected chi connectivity index (χ2v) is 2.91. The summed E-state index contributed by atoms with van der Waals surface area (Å²) in [5.74, 6) is -0.637. The Hall–Kier alpha value is -1.92. The third-order valence-corrected chi connectivity index (χ3v) is 1.86. The number of nitrogens with zero attached hydrogens (tertiary/aromatic N) is 3. The number of methoxy groups -OCH3 is 1. The molecule has 0 saturated carbocycles. The monoisotopic (exact) mass is 212 g/mol. The number of hydrogen-bond donors (Lipinski definition) is 1. The number of hydrogen-bond acceptors (Lipinski definition) is 5. The minimum absolute atomic E-state index is 0.163. The highest BCUT2D eigenvalue weighted by molar-refractivity contribution is 5.91. The van der Waals surface area contributed by atoms with Gasteiger partial charge in [0, 0.05) is 13.6 Å². The van der Waals surface area contributed by atoms with E-state index in [1.165, 1.54) is 18.2 Å². The van der Waals surface area contributed by atoms with Crippen LogP contribution < -0.4 is 0 Å². The maximum atomic E-state index is 11.6. The van der Waals surface area contributed by atoms with Crippen LogP contribution in [0.1, 0.15) is 16.9 Å². The highest BCUT2D eigenvalue weighted by Gasteiger charge is 2.15. The predicted molar refractivity (Wildman–Crippen MR) is 50.0 cm³/mol. The van der Waals surface area contributed by atoms with Gasteiger partial charge in [0.25, 0.3) is 5.91 Å². The number of nitrogens with one attached hydrogen (secondary N) is 1. The molecule has 1 aromatic heterocycles. The number of esters is 1. The van der Waals surface area contributed by atoms with Gasteiger partial charge in [-0.3, -0.25) is 9.59 Å². The van der Waals surface area contributed by atoms with Gasteiger partial charge in [-0.2, -0.15) is 15.4 Å². The summed E-state index contributed by atoms with van der Waals surface area (Å²) in [4.78, 5) is 23.8. The van der Waals surface area contributed by atoms with Crippen molar-refractivity contribution in [2.24, 2.45) is 0 Å². The molecular formula is C8H12N4O3. The average Bonchev–Trinajstić information content (AvgIpc) is 2.77. The van der Waals surface area contributed by atoms with E-state index in [4.69, 9.17) is 0 Å². The fraction of sp³-hybridized carbons (Fsp3) is 0.500. The summed E-state index contributed by atoms with van der Waals surface area (Å²) in [6.07, 6.45) is 1.49. The second kappa shape index (κ2) is 5.08. The molecule has 7 nitrogen and oxygen atoms in total. The number of aromatic amines is 1. The van der Waals surface area contributed by atoms with Crippen molar-refractivity contribution in [3.8, 4) is 0 Å². The van der Waals surface area contributed by atoms with Crippen molar-refractivity contribution >= 4 is 11.9 Å². The van der Waals surface area contributed by atoms with E-state index < -0.39 is 0 Å². The Bertz CT molecular complexity index is 336. The number of carbonyl (C=O) groups is 2. The van der Waals surface area contributed by atoms with E-state index in [1.807, 2.05) is 0 Å². The Balaban J connectivity index is 2.44. The number of rotatable bonds is 4. The standard InChI is InChI=1S/C8H12N4O3/c1-12(4-3-7(13)15-2)8(14)6-5-9-11-10-6/h5H,3-4H2,1-2H3,(H,9,10,11). The van der Waals surface area contributed by atoms with Crippen molar-refractivity contribution in [1.29, 1.82) is 0 Å². The van der Waals surface area contributed by atoms with Crippen LogP contribution in [-0.2, 0) is 9.53 Å². The van der Waals surface area contributed by atoms with E-state index in [9.17, 15) is 9.59 Å². The molecule has 0 aliphatic heterocycles. The molecule has 0 saturated heterocycles. The van der Waals surface area contributed by atoms with Gasteiger partial charge >= 0.3 is 5.97 Å². The molecule has 1 rings (SSSR count). The minimum atomic E-state index is -0.352. The number of aromatic nitrogens is 3. The van der Waals surface area contributed by atoms with Crippen LogP contribution in [0.3, 0.4) is 0 Å². The molecule has 0 aliphatic rings. The number of H-pyrrole nitrogens is 1. The summed E-state index contributed by atoms with van der Waals surface area (Å²) in [7, 11) is 2.89. The Morgan fingerprint density at radius 3 is 2.87 bits per heavy atom. The lowest BCUT2D eigenvalue weighted by molar-refractivity contribution is -0.140. The van der Waals surface area contributed by atoms with Crippen LogP contribution in [0.4, 0.5) is 0 Å². The molecule has 0 aliphatic carbocycles. The van der Waals surface area contributed by atoms with E-state index in [2.05, 4.69) is 20.1 Å². The van der Waals surface area contributed by atoms with E-state index in [-0.39, 0.29) is 24.0 Å². The van der Waals surface area contributed by atoms with Crippen LogP contribution >= 0.6 is 0 Å². The third kappa shape index (κ3) is 3.04. The van der Waals surface area contributed by atoms with Gasteiger partial charge in [0.15, 0.2) is 5.69 Å². The van der Waals surface area contributed by atoms with Crippen LogP contribution in [0.2, 0.25) is 0 Å². The van der Waals surface area contributed by atoms with Crippen molar-refractivity contribution in [3.63, 3.8) is 0 Å². The van der Waals surface area contributed by atoms with Gasteiger partial charge in [-0.25, -0.2) is 0 Å². The lowest BCUT2D eigenvalue weighted by atomic mass is 10.3. The molecule has 0 aromatic carbocycles. The summed E-state index contributed by atoms with van der Waals surface area (Å²) in [5, 5.41) is 9.51. The quantitative estimate of drug-likeness (QED) is 0.676. The van der Waals surface area contributed by atoms with E-state index >= 15 is 0 Å². The Morgan fingerprint density at radius 2 is 2.33 bits per heavy atom. The summed E-state index contributed by atoms with van der Waals surface area (Å²) < 4.78 is 4.46. The van der Waals surface area contributed by atoms with Gasteiger partial charge in [-0.1, -0.05) is 0 Å². The average molecular weight is 212 g/mol. The van der Waals surface area contributed by atoms with Gasteiger partial charge in [-0.05, 0) is 0 Å². The van der Waals surface area contributed by atoms with Crippen LogP contribution in [0.15, 0.2) is 6.20 Å². The first-order valence-corrected chi connectivity index (χ1v) is 4.33. The zero-order valence-corrected chi connectivity index (χ0v) is 8.56. The summed E-state index contributed by atoms with van der Waals surface area (Å²) in [6.45, 7) is 0.290. The topological polar surface area (TPSA) is 88.2 Å². The van der Waals surface area contributed by atoms with Crippen LogP contribution in [0.5, 0.6) is 0 Å². The minimum Gasteiger partial charge on any atom is -0.469 e. The predicted octanol–water partition coefficient (Wildman–Crippen LogP) is -0.560. The Labute approximate surface area is 86.4 Å². The van der Waals surface area contributed by atoms with Crippen molar-refractivity contribution < 1.29 is 14.3 Å². The van der Waals surface area contributed by atoms with E-state index in [0.29, 0.717) is 6.54 Å². The van der Waals surface area contributed by atoms with Gasteiger partial charge in [0.1, 0.15) is 0 Å².